The van der Waals surface area contributed by atoms with E-state index >= 15 is 0 Å². The van der Waals surface area contributed by atoms with Gasteiger partial charge in [-0.25, -0.2) is 9.59 Å². The lowest BCUT2D eigenvalue weighted by molar-refractivity contribution is -0.147. The Morgan fingerprint density at radius 2 is 1.44 bits per heavy atom. The lowest BCUT2D eigenvalue weighted by atomic mass is 9.85. The highest BCUT2D eigenvalue weighted by atomic mass is 16.5. The molecule has 0 saturated heterocycles. The van der Waals surface area contributed by atoms with Crippen LogP contribution in [-0.4, -0.2) is 47.9 Å². The maximum atomic E-state index is 12.9. The van der Waals surface area contributed by atoms with Gasteiger partial charge in [-0.05, 0) is 60.4 Å². The third kappa shape index (κ3) is 6.77. The standard InChI is InChI=1S/C33H36N2O6/c1-21(40-19-22-9-3-2-4-10-22)30(32(37)38)35-31(36)23-15-17-24(18-16-23)34-33(39)41-20-29-27-13-7-5-11-25(27)26-12-6-8-14-28(26)29/h2-14,21,23-24,29-30H,15-20H2,1H3,(H,34,39)(H,35,36)(H,37,38). The van der Waals surface area contributed by atoms with E-state index in [-0.39, 0.29) is 37.0 Å². The van der Waals surface area contributed by atoms with Crippen LogP contribution in [0, 0.1) is 5.92 Å². The lowest BCUT2D eigenvalue weighted by Gasteiger charge is -2.30. The smallest absolute Gasteiger partial charge is 0.407 e. The molecule has 3 N–H and O–H groups in total. The van der Waals surface area contributed by atoms with Crippen LogP contribution in [-0.2, 0) is 25.7 Å². The van der Waals surface area contributed by atoms with Gasteiger partial charge in [-0.2, -0.15) is 0 Å². The molecule has 0 heterocycles. The van der Waals surface area contributed by atoms with Gasteiger partial charge in [-0.15, -0.1) is 0 Å². The fourth-order valence-electron chi connectivity index (χ4n) is 5.86. The molecule has 214 valence electrons. The van der Waals surface area contributed by atoms with E-state index in [9.17, 15) is 19.5 Å². The topological polar surface area (TPSA) is 114 Å². The van der Waals surface area contributed by atoms with Crippen LogP contribution in [0.1, 0.15) is 55.2 Å². The molecule has 2 amide bonds. The first-order chi connectivity index (χ1) is 19.9. The van der Waals surface area contributed by atoms with Crippen LogP contribution in [0.4, 0.5) is 4.79 Å². The number of fused-ring (bicyclic) bond motifs is 3. The molecule has 0 bridgehead atoms. The number of ether oxygens (including phenoxy) is 2. The van der Waals surface area contributed by atoms with Gasteiger partial charge in [0.15, 0.2) is 6.04 Å². The van der Waals surface area contributed by atoms with Crippen molar-refractivity contribution in [1.82, 2.24) is 10.6 Å². The molecule has 3 aromatic carbocycles. The quantitative estimate of drug-likeness (QED) is 0.314. The van der Waals surface area contributed by atoms with Gasteiger partial charge < -0.3 is 25.2 Å². The Balaban J connectivity index is 1.07. The van der Waals surface area contributed by atoms with Crippen molar-refractivity contribution in [3.63, 3.8) is 0 Å². The summed E-state index contributed by atoms with van der Waals surface area (Å²) in [7, 11) is 0. The summed E-state index contributed by atoms with van der Waals surface area (Å²) in [6.45, 7) is 2.16. The number of aliphatic carboxylic acids is 1. The highest BCUT2D eigenvalue weighted by Crippen LogP contribution is 2.44. The number of alkyl carbamates (subject to hydrolysis) is 1. The van der Waals surface area contributed by atoms with Crippen molar-refractivity contribution in [3.8, 4) is 11.1 Å². The van der Waals surface area contributed by atoms with E-state index in [1.165, 1.54) is 11.1 Å². The van der Waals surface area contributed by atoms with Crippen molar-refractivity contribution in [2.45, 2.75) is 63.3 Å². The van der Waals surface area contributed by atoms with Gasteiger partial charge in [-0.1, -0.05) is 78.9 Å². The van der Waals surface area contributed by atoms with E-state index in [1.54, 1.807) is 6.92 Å². The Bertz CT molecular complexity index is 1320. The van der Waals surface area contributed by atoms with Crippen LogP contribution in [0.5, 0.6) is 0 Å². The Labute approximate surface area is 240 Å². The third-order valence-electron chi connectivity index (χ3n) is 8.15. The van der Waals surface area contributed by atoms with E-state index in [1.807, 2.05) is 54.6 Å². The molecule has 0 aliphatic heterocycles. The molecule has 1 saturated carbocycles. The number of carbonyl (C=O) groups excluding carboxylic acids is 2. The highest BCUT2D eigenvalue weighted by Gasteiger charge is 2.33. The number of benzene rings is 3. The second-order valence-electron chi connectivity index (χ2n) is 10.8. The number of hydrogen-bond donors (Lipinski definition) is 3. The molecule has 1 fully saturated rings. The summed E-state index contributed by atoms with van der Waals surface area (Å²) in [4.78, 5) is 37.5. The van der Waals surface area contributed by atoms with Gasteiger partial charge in [0.05, 0.1) is 12.7 Å². The van der Waals surface area contributed by atoms with Crippen LogP contribution < -0.4 is 10.6 Å². The number of amides is 2. The summed E-state index contributed by atoms with van der Waals surface area (Å²) in [5.74, 6) is -1.76. The van der Waals surface area contributed by atoms with E-state index in [2.05, 4.69) is 34.9 Å². The Hall–Kier alpha value is -4.17. The monoisotopic (exact) mass is 556 g/mol. The number of nitrogens with one attached hydrogen (secondary N) is 2. The van der Waals surface area contributed by atoms with Crippen molar-refractivity contribution in [3.05, 3.63) is 95.6 Å². The summed E-state index contributed by atoms with van der Waals surface area (Å²) < 4.78 is 11.4. The Kier molecular flexibility index (Phi) is 8.99. The molecule has 2 aliphatic carbocycles. The van der Waals surface area contributed by atoms with Gasteiger partial charge in [0.25, 0.3) is 0 Å². The van der Waals surface area contributed by atoms with Gasteiger partial charge in [0.2, 0.25) is 5.91 Å². The first-order valence-electron chi connectivity index (χ1n) is 14.2. The number of carbonyl (C=O) groups is 3. The lowest BCUT2D eigenvalue weighted by Crippen LogP contribution is -2.51. The normalized spacial score (nSPS) is 19.3. The average Bonchev–Trinajstić information content (AvgIpc) is 3.32. The minimum absolute atomic E-state index is 0.00572. The number of carboxylic acids is 1. The molecular formula is C33H36N2O6. The van der Waals surface area contributed by atoms with Crippen molar-refractivity contribution < 1.29 is 29.0 Å². The number of hydrogen-bond acceptors (Lipinski definition) is 5. The first kappa shape index (κ1) is 28.4. The fourth-order valence-corrected chi connectivity index (χ4v) is 5.86. The number of carboxylic acid groups (broad SMARTS) is 1. The van der Waals surface area contributed by atoms with Crippen LogP contribution in [0.15, 0.2) is 78.9 Å². The second kappa shape index (κ2) is 13.0. The minimum Gasteiger partial charge on any atom is -0.480 e. The Morgan fingerprint density at radius 3 is 2.05 bits per heavy atom. The zero-order valence-electron chi connectivity index (χ0n) is 23.1. The van der Waals surface area contributed by atoms with Crippen LogP contribution in [0.25, 0.3) is 11.1 Å². The first-order valence-corrected chi connectivity index (χ1v) is 14.2. The third-order valence-corrected chi connectivity index (χ3v) is 8.15. The zero-order chi connectivity index (χ0) is 28.8. The summed E-state index contributed by atoms with van der Waals surface area (Å²) in [5.41, 5.74) is 5.60. The molecule has 5 rings (SSSR count). The van der Waals surface area contributed by atoms with Crippen LogP contribution in [0.2, 0.25) is 0 Å². The molecule has 0 aromatic heterocycles. The van der Waals surface area contributed by atoms with E-state index in [0.717, 1.165) is 16.7 Å². The summed E-state index contributed by atoms with van der Waals surface area (Å²) >= 11 is 0. The summed E-state index contributed by atoms with van der Waals surface area (Å²) in [6.07, 6.45) is 1.15. The summed E-state index contributed by atoms with van der Waals surface area (Å²) in [6, 6.07) is 24.6. The molecule has 0 radical (unpaired) electrons. The molecule has 8 heteroatoms. The van der Waals surface area contributed by atoms with Crippen molar-refractivity contribution in [1.29, 1.82) is 0 Å². The molecule has 8 nitrogen and oxygen atoms in total. The molecule has 41 heavy (non-hydrogen) atoms. The second-order valence-corrected chi connectivity index (χ2v) is 10.8. The molecule has 0 spiro atoms. The van der Waals surface area contributed by atoms with Gasteiger partial charge in [-0.3, -0.25) is 4.79 Å². The van der Waals surface area contributed by atoms with Gasteiger partial charge in [0, 0.05) is 17.9 Å². The molecule has 2 atom stereocenters. The molecule has 3 aromatic rings. The van der Waals surface area contributed by atoms with Crippen LogP contribution in [0.3, 0.4) is 0 Å². The maximum Gasteiger partial charge on any atom is 0.407 e. The van der Waals surface area contributed by atoms with E-state index < -0.39 is 24.2 Å². The predicted molar refractivity (Wildman–Crippen MR) is 154 cm³/mol. The van der Waals surface area contributed by atoms with Gasteiger partial charge >= 0.3 is 12.1 Å². The van der Waals surface area contributed by atoms with E-state index in [0.29, 0.717) is 25.7 Å². The molecule has 2 aliphatic rings. The minimum atomic E-state index is -1.15. The summed E-state index contributed by atoms with van der Waals surface area (Å²) in [5, 5.41) is 15.3. The molecule has 2 unspecified atom stereocenters. The molecular weight excluding hydrogens is 520 g/mol. The van der Waals surface area contributed by atoms with E-state index in [4.69, 9.17) is 9.47 Å². The maximum absolute atomic E-state index is 12.9. The number of rotatable bonds is 10. The highest BCUT2D eigenvalue weighted by molar-refractivity contribution is 5.85. The Morgan fingerprint density at radius 1 is 0.854 bits per heavy atom. The van der Waals surface area contributed by atoms with Gasteiger partial charge in [0.1, 0.15) is 6.61 Å². The average molecular weight is 557 g/mol. The fraction of sp³-hybridized carbons (Fsp3) is 0.364. The van der Waals surface area contributed by atoms with Crippen molar-refractivity contribution in [2.75, 3.05) is 6.61 Å². The van der Waals surface area contributed by atoms with Crippen molar-refractivity contribution in [2.24, 2.45) is 5.92 Å². The largest absolute Gasteiger partial charge is 0.480 e. The van der Waals surface area contributed by atoms with Crippen LogP contribution >= 0.6 is 0 Å². The predicted octanol–water partition coefficient (Wildman–Crippen LogP) is 5.26. The van der Waals surface area contributed by atoms with Crippen molar-refractivity contribution >= 4 is 18.0 Å². The zero-order valence-corrected chi connectivity index (χ0v) is 23.1. The SMILES string of the molecule is CC(OCc1ccccc1)C(NC(=O)C1CCC(NC(=O)OCC2c3ccccc3-c3ccccc32)CC1)C(=O)O.